The molecular formula is C28H29F3N4O2. The van der Waals surface area contributed by atoms with Crippen LogP contribution in [0.2, 0.25) is 0 Å². The Kier molecular flexibility index (Phi) is 6.99. The van der Waals surface area contributed by atoms with E-state index in [-0.39, 0.29) is 23.3 Å². The molecule has 9 heteroatoms. The fourth-order valence-corrected chi connectivity index (χ4v) is 4.67. The van der Waals surface area contributed by atoms with Crippen molar-refractivity contribution in [1.82, 2.24) is 15.1 Å². The van der Waals surface area contributed by atoms with Gasteiger partial charge in [0.05, 0.1) is 33.9 Å². The van der Waals surface area contributed by atoms with Gasteiger partial charge in [0.1, 0.15) is 0 Å². The number of nitrogen functional groups attached to an aromatic ring is 1. The van der Waals surface area contributed by atoms with Gasteiger partial charge in [0.25, 0.3) is 5.91 Å². The van der Waals surface area contributed by atoms with E-state index in [9.17, 15) is 22.8 Å². The molecule has 2 aromatic carbocycles. The van der Waals surface area contributed by atoms with Gasteiger partial charge in [0, 0.05) is 18.5 Å². The van der Waals surface area contributed by atoms with Gasteiger partial charge in [-0.15, -0.1) is 6.58 Å². The summed E-state index contributed by atoms with van der Waals surface area (Å²) in [6.45, 7) is 7.76. The number of benzene rings is 2. The van der Waals surface area contributed by atoms with Crippen molar-refractivity contribution in [2.24, 2.45) is 5.41 Å². The lowest BCUT2D eigenvalue weighted by Crippen LogP contribution is -2.28. The molecule has 194 valence electrons. The van der Waals surface area contributed by atoms with Crippen LogP contribution in [0.4, 0.5) is 18.9 Å². The van der Waals surface area contributed by atoms with Gasteiger partial charge in [-0.25, -0.2) is 4.68 Å². The van der Waals surface area contributed by atoms with Crippen LogP contribution >= 0.6 is 0 Å². The lowest BCUT2D eigenvalue weighted by Gasteiger charge is -2.29. The van der Waals surface area contributed by atoms with Crippen molar-refractivity contribution in [3.05, 3.63) is 88.8 Å². The fourth-order valence-electron chi connectivity index (χ4n) is 4.67. The predicted octanol–water partition coefficient (Wildman–Crippen LogP) is 5.68. The minimum Gasteiger partial charge on any atom is -0.397 e. The molecule has 6 nitrogen and oxygen atoms in total. The van der Waals surface area contributed by atoms with Crippen molar-refractivity contribution in [3.63, 3.8) is 0 Å². The highest BCUT2D eigenvalue weighted by atomic mass is 19.4. The number of allylic oxidation sites excluding steroid dienone is 1. The number of ketones is 1. The molecule has 1 heterocycles. The molecule has 0 bridgehead atoms. The Morgan fingerprint density at radius 2 is 1.97 bits per heavy atom. The topological polar surface area (TPSA) is 90.0 Å². The number of nitrogens with zero attached hydrogens (tertiary/aromatic N) is 2. The van der Waals surface area contributed by atoms with Gasteiger partial charge in [0.2, 0.25) is 0 Å². The Morgan fingerprint density at radius 1 is 1.22 bits per heavy atom. The second-order valence-electron chi connectivity index (χ2n) is 10.1. The minimum atomic E-state index is -4.46. The van der Waals surface area contributed by atoms with E-state index in [2.05, 4.69) is 11.9 Å². The van der Waals surface area contributed by atoms with E-state index in [1.54, 1.807) is 22.9 Å². The molecular weight excluding hydrogens is 481 g/mol. The zero-order chi connectivity index (χ0) is 27.0. The number of aromatic nitrogens is 2. The first-order valence-corrected chi connectivity index (χ1v) is 12.0. The summed E-state index contributed by atoms with van der Waals surface area (Å²) in [6.07, 6.45) is -0.326. The van der Waals surface area contributed by atoms with Gasteiger partial charge >= 0.3 is 6.18 Å². The monoisotopic (exact) mass is 510 g/mol. The Labute approximate surface area is 213 Å². The standard InChI is InChI=1S/C28H29F3N4O2/c1-4-5-9-21-25-23(14-27(2,3)15-24(25)36)35(34-21)22-11-10-18(13-20(22)32)26(37)33-16-17-7-6-8-19(12-17)28(29,30)31/h4,6-8,10-13H,1,5,9,14-16,32H2,2-3H3,(H,33,37). The minimum absolute atomic E-state index is 0.0562. The second-order valence-corrected chi connectivity index (χ2v) is 10.1. The molecule has 1 aromatic heterocycles. The van der Waals surface area contributed by atoms with E-state index in [1.165, 1.54) is 18.2 Å². The summed E-state index contributed by atoms with van der Waals surface area (Å²) in [4.78, 5) is 25.7. The van der Waals surface area contributed by atoms with Crippen LogP contribution in [0.5, 0.6) is 0 Å². The molecule has 0 fully saturated rings. The molecule has 0 radical (unpaired) electrons. The van der Waals surface area contributed by atoms with E-state index < -0.39 is 17.6 Å². The maximum absolute atomic E-state index is 13.0. The summed E-state index contributed by atoms with van der Waals surface area (Å²) < 4.78 is 40.6. The number of hydrogen-bond acceptors (Lipinski definition) is 4. The van der Waals surface area contributed by atoms with Gasteiger partial charge in [-0.2, -0.15) is 18.3 Å². The van der Waals surface area contributed by atoms with Gasteiger partial charge < -0.3 is 11.1 Å². The highest BCUT2D eigenvalue weighted by Crippen LogP contribution is 2.38. The largest absolute Gasteiger partial charge is 0.416 e. The number of carbonyl (C=O) groups excluding carboxylic acids is 2. The van der Waals surface area contributed by atoms with Crippen LogP contribution in [0.15, 0.2) is 55.1 Å². The number of anilines is 1. The molecule has 4 rings (SSSR count). The van der Waals surface area contributed by atoms with Crippen molar-refractivity contribution in [2.45, 2.75) is 52.3 Å². The molecule has 0 atom stereocenters. The maximum Gasteiger partial charge on any atom is 0.416 e. The highest BCUT2D eigenvalue weighted by Gasteiger charge is 2.36. The molecule has 0 saturated carbocycles. The van der Waals surface area contributed by atoms with Crippen molar-refractivity contribution < 1.29 is 22.8 Å². The highest BCUT2D eigenvalue weighted by molar-refractivity contribution is 6.00. The number of alkyl halides is 3. The van der Waals surface area contributed by atoms with Crippen LogP contribution in [0, 0.1) is 5.41 Å². The molecule has 3 N–H and O–H groups in total. The number of nitrogens with two attached hydrogens (primary N) is 1. The average Bonchev–Trinajstić information content (AvgIpc) is 3.17. The van der Waals surface area contributed by atoms with E-state index in [0.717, 1.165) is 17.8 Å². The quantitative estimate of drug-likeness (QED) is 0.316. The first kappa shape index (κ1) is 26.2. The lowest BCUT2D eigenvalue weighted by molar-refractivity contribution is -0.137. The normalized spacial score (nSPS) is 14.8. The maximum atomic E-state index is 13.0. The number of carbonyl (C=O) groups is 2. The number of nitrogens with one attached hydrogen (secondary N) is 1. The molecule has 0 aliphatic heterocycles. The second kappa shape index (κ2) is 9.88. The molecule has 1 amide bonds. The first-order valence-electron chi connectivity index (χ1n) is 12.0. The number of hydrogen-bond donors (Lipinski definition) is 2. The number of fused-ring (bicyclic) bond motifs is 1. The van der Waals surface area contributed by atoms with E-state index >= 15 is 0 Å². The Balaban J connectivity index is 1.59. The molecule has 0 unspecified atom stereocenters. The molecule has 0 spiro atoms. The van der Waals surface area contributed by atoms with Gasteiger partial charge in [-0.3, -0.25) is 9.59 Å². The van der Waals surface area contributed by atoms with Crippen molar-refractivity contribution in [2.75, 3.05) is 5.73 Å². The molecule has 1 aliphatic rings. The summed E-state index contributed by atoms with van der Waals surface area (Å²) in [6, 6.07) is 9.56. The van der Waals surface area contributed by atoms with Gasteiger partial charge in [-0.05, 0) is 60.6 Å². The van der Waals surface area contributed by atoms with Crippen LogP contribution in [-0.4, -0.2) is 21.5 Å². The van der Waals surface area contributed by atoms with Crippen molar-refractivity contribution >= 4 is 17.4 Å². The van der Waals surface area contributed by atoms with Gasteiger partial charge in [0.15, 0.2) is 5.78 Å². The molecule has 37 heavy (non-hydrogen) atoms. The SMILES string of the molecule is C=CCCc1nn(-c2ccc(C(=O)NCc3cccc(C(F)(F)F)c3)cc2N)c2c1C(=O)CC(C)(C)C2. The summed E-state index contributed by atoms with van der Waals surface area (Å²) >= 11 is 0. The fraction of sp³-hybridized carbons (Fsp3) is 0.321. The lowest BCUT2D eigenvalue weighted by atomic mass is 9.75. The number of aryl methyl sites for hydroxylation is 1. The van der Waals surface area contributed by atoms with Gasteiger partial charge in [-0.1, -0.05) is 32.1 Å². The van der Waals surface area contributed by atoms with E-state index in [4.69, 9.17) is 10.8 Å². The Morgan fingerprint density at radius 3 is 2.65 bits per heavy atom. The predicted molar refractivity (Wildman–Crippen MR) is 136 cm³/mol. The van der Waals surface area contributed by atoms with E-state index in [0.29, 0.717) is 53.9 Å². The van der Waals surface area contributed by atoms with Crippen LogP contribution in [0.1, 0.15) is 69.9 Å². The van der Waals surface area contributed by atoms with Crippen molar-refractivity contribution in [1.29, 1.82) is 0 Å². The van der Waals surface area contributed by atoms with Crippen molar-refractivity contribution in [3.8, 4) is 5.69 Å². The molecule has 1 aliphatic carbocycles. The number of halogens is 3. The zero-order valence-electron chi connectivity index (χ0n) is 20.8. The van der Waals surface area contributed by atoms with Crippen LogP contribution < -0.4 is 11.1 Å². The third-order valence-corrected chi connectivity index (χ3v) is 6.43. The Hall–Kier alpha value is -3.88. The summed E-state index contributed by atoms with van der Waals surface area (Å²) in [7, 11) is 0. The number of rotatable bonds is 7. The number of Topliss-reactive ketones (excluding diaryl/α,β-unsaturated/α-hetero) is 1. The summed E-state index contributed by atoms with van der Waals surface area (Å²) in [5.41, 5.74) is 8.93. The smallest absolute Gasteiger partial charge is 0.397 e. The van der Waals surface area contributed by atoms with Crippen LogP contribution in [-0.2, 0) is 25.6 Å². The van der Waals surface area contributed by atoms with Crippen LogP contribution in [0.3, 0.4) is 0 Å². The third kappa shape index (κ3) is 5.60. The average molecular weight is 511 g/mol. The molecule has 3 aromatic rings. The zero-order valence-corrected chi connectivity index (χ0v) is 20.8. The summed E-state index contributed by atoms with van der Waals surface area (Å²) in [5.74, 6) is -0.415. The third-order valence-electron chi connectivity index (χ3n) is 6.43. The van der Waals surface area contributed by atoms with Crippen LogP contribution in [0.25, 0.3) is 5.69 Å². The summed E-state index contributed by atoms with van der Waals surface area (Å²) in [5, 5.41) is 7.37. The van der Waals surface area contributed by atoms with E-state index in [1.807, 2.05) is 13.8 Å². The molecule has 0 saturated heterocycles. The Bertz CT molecular complexity index is 1370. The number of amides is 1. The first-order chi connectivity index (χ1) is 17.4.